The van der Waals surface area contributed by atoms with Crippen LogP contribution in [0, 0.1) is 0 Å². The molecule has 152 valence electrons. The van der Waals surface area contributed by atoms with Crippen molar-refractivity contribution in [2.75, 3.05) is 49.1 Å². The first kappa shape index (κ1) is 19.6. The lowest BCUT2D eigenvalue weighted by molar-refractivity contribution is 0.384. The third-order valence-corrected chi connectivity index (χ3v) is 9.05. The number of piperazine rings is 1. The Morgan fingerprint density at radius 3 is 2.00 bits per heavy atom. The van der Waals surface area contributed by atoms with Crippen LogP contribution in [0.15, 0.2) is 28.5 Å². The average molecular weight is 422 g/mol. The first-order valence-corrected chi connectivity index (χ1v) is 12.3. The van der Waals surface area contributed by atoms with Crippen molar-refractivity contribution in [3.05, 3.63) is 29.1 Å². The zero-order valence-corrected chi connectivity index (χ0v) is 17.9. The van der Waals surface area contributed by atoms with Gasteiger partial charge in [-0.05, 0) is 49.9 Å². The van der Waals surface area contributed by atoms with Crippen molar-refractivity contribution >= 4 is 33.0 Å². The molecule has 0 aromatic carbocycles. The minimum atomic E-state index is -3.40. The maximum absolute atomic E-state index is 12.9. The molecule has 2 aliphatic heterocycles. The summed E-state index contributed by atoms with van der Waals surface area (Å²) in [7, 11) is -3.40. The van der Waals surface area contributed by atoms with Gasteiger partial charge in [-0.15, -0.1) is 21.5 Å². The summed E-state index contributed by atoms with van der Waals surface area (Å²) in [5.41, 5.74) is 0. The van der Waals surface area contributed by atoms with Crippen molar-refractivity contribution < 1.29 is 8.42 Å². The van der Waals surface area contributed by atoms with Crippen molar-refractivity contribution in [1.29, 1.82) is 0 Å². The summed E-state index contributed by atoms with van der Waals surface area (Å²) >= 11 is 1.38. The molecule has 9 heteroatoms. The fourth-order valence-electron chi connectivity index (χ4n) is 3.75. The third-order valence-electron chi connectivity index (χ3n) is 5.46. The SMILES string of the molecule is CCc1ccc(S(=O)(=O)N2CCN(c3ccc(N4CCCCC4)nn3)CC2)s1. The minimum Gasteiger partial charge on any atom is -0.355 e. The van der Waals surface area contributed by atoms with Crippen LogP contribution in [-0.4, -0.2) is 62.2 Å². The molecule has 0 radical (unpaired) electrons. The molecule has 0 aliphatic carbocycles. The summed E-state index contributed by atoms with van der Waals surface area (Å²) in [4.78, 5) is 5.50. The Labute approximate surface area is 171 Å². The summed E-state index contributed by atoms with van der Waals surface area (Å²) in [5, 5.41) is 8.81. The summed E-state index contributed by atoms with van der Waals surface area (Å²) < 4.78 is 27.8. The highest BCUT2D eigenvalue weighted by Gasteiger charge is 2.30. The van der Waals surface area contributed by atoms with E-state index < -0.39 is 10.0 Å². The highest BCUT2D eigenvalue weighted by atomic mass is 32.2. The molecule has 0 atom stereocenters. The van der Waals surface area contributed by atoms with E-state index in [1.54, 1.807) is 10.4 Å². The van der Waals surface area contributed by atoms with E-state index in [0.717, 1.165) is 36.0 Å². The van der Waals surface area contributed by atoms with Crippen LogP contribution in [-0.2, 0) is 16.4 Å². The molecule has 0 bridgehead atoms. The van der Waals surface area contributed by atoms with Gasteiger partial charge >= 0.3 is 0 Å². The number of rotatable bonds is 5. The van der Waals surface area contributed by atoms with Crippen LogP contribution in [0.25, 0.3) is 0 Å². The highest BCUT2D eigenvalue weighted by molar-refractivity contribution is 7.91. The third kappa shape index (κ3) is 4.01. The maximum Gasteiger partial charge on any atom is 0.252 e. The number of nitrogens with zero attached hydrogens (tertiary/aromatic N) is 5. The monoisotopic (exact) mass is 421 g/mol. The molecule has 7 nitrogen and oxygen atoms in total. The quantitative estimate of drug-likeness (QED) is 0.739. The number of anilines is 2. The van der Waals surface area contributed by atoms with Gasteiger partial charge in [0.1, 0.15) is 4.21 Å². The van der Waals surface area contributed by atoms with Gasteiger partial charge in [-0.2, -0.15) is 4.31 Å². The van der Waals surface area contributed by atoms with Crippen molar-refractivity contribution in [3.8, 4) is 0 Å². The molecule has 0 unspecified atom stereocenters. The Kier molecular flexibility index (Phi) is 5.84. The predicted molar refractivity (Wildman–Crippen MR) is 113 cm³/mol. The van der Waals surface area contributed by atoms with Crippen molar-refractivity contribution in [2.45, 2.75) is 36.8 Å². The molecule has 0 saturated carbocycles. The second-order valence-corrected chi connectivity index (χ2v) is 10.6. The van der Waals surface area contributed by atoms with Crippen LogP contribution in [0.3, 0.4) is 0 Å². The van der Waals surface area contributed by atoms with Crippen molar-refractivity contribution in [1.82, 2.24) is 14.5 Å². The van der Waals surface area contributed by atoms with Gasteiger partial charge in [0.2, 0.25) is 0 Å². The highest BCUT2D eigenvalue weighted by Crippen LogP contribution is 2.27. The molecule has 2 aromatic heterocycles. The lowest BCUT2D eigenvalue weighted by atomic mass is 10.1. The Morgan fingerprint density at radius 2 is 1.46 bits per heavy atom. The van der Waals surface area contributed by atoms with Gasteiger partial charge in [0.05, 0.1) is 0 Å². The number of aryl methyl sites for hydroxylation is 1. The van der Waals surface area contributed by atoms with E-state index in [9.17, 15) is 8.42 Å². The minimum absolute atomic E-state index is 0.448. The van der Waals surface area contributed by atoms with E-state index in [1.807, 2.05) is 25.1 Å². The Morgan fingerprint density at radius 1 is 0.857 bits per heavy atom. The van der Waals surface area contributed by atoms with E-state index in [-0.39, 0.29) is 0 Å². The molecule has 2 aromatic rings. The summed E-state index contributed by atoms with van der Waals surface area (Å²) in [6.07, 6.45) is 4.58. The summed E-state index contributed by atoms with van der Waals surface area (Å²) in [6, 6.07) is 7.69. The van der Waals surface area contributed by atoms with Gasteiger partial charge in [-0.25, -0.2) is 8.42 Å². The molecule has 2 fully saturated rings. The lowest BCUT2D eigenvalue weighted by Gasteiger charge is -2.34. The van der Waals surface area contributed by atoms with Crippen LogP contribution in [0.4, 0.5) is 11.6 Å². The maximum atomic E-state index is 12.9. The number of piperidine rings is 1. The second-order valence-electron chi connectivity index (χ2n) is 7.26. The van der Waals surface area contributed by atoms with Gasteiger partial charge in [-0.1, -0.05) is 6.92 Å². The normalized spacial score (nSPS) is 19.2. The van der Waals surface area contributed by atoms with E-state index in [2.05, 4.69) is 20.0 Å². The molecule has 2 aliphatic rings. The van der Waals surface area contributed by atoms with Crippen LogP contribution in [0.2, 0.25) is 0 Å². The summed E-state index contributed by atoms with van der Waals surface area (Å²) in [6.45, 7) is 6.33. The largest absolute Gasteiger partial charge is 0.355 e. The number of sulfonamides is 1. The smallest absolute Gasteiger partial charge is 0.252 e. The first-order valence-electron chi connectivity index (χ1n) is 10.0. The molecule has 0 amide bonds. The van der Waals surface area contributed by atoms with Gasteiger partial charge in [-0.3, -0.25) is 0 Å². The molecule has 4 rings (SSSR count). The van der Waals surface area contributed by atoms with E-state index in [4.69, 9.17) is 0 Å². The van der Waals surface area contributed by atoms with Crippen molar-refractivity contribution in [3.63, 3.8) is 0 Å². The van der Waals surface area contributed by atoms with E-state index >= 15 is 0 Å². The van der Waals surface area contributed by atoms with Gasteiger partial charge in [0.15, 0.2) is 11.6 Å². The van der Waals surface area contributed by atoms with Gasteiger partial charge in [0, 0.05) is 44.1 Å². The van der Waals surface area contributed by atoms with Crippen LogP contribution < -0.4 is 9.80 Å². The van der Waals surface area contributed by atoms with Crippen LogP contribution in [0.5, 0.6) is 0 Å². The van der Waals surface area contributed by atoms with Crippen LogP contribution >= 0.6 is 11.3 Å². The number of aromatic nitrogens is 2. The molecular formula is C19H27N5O2S2. The van der Waals surface area contributed by atoms with E-state index in [1.165, 1.54) is 30.6 Å². The fourth-order valence-corrected chi connectivity index (χ4v) is 6.62. The predicted octanol–water partition coefficient (Wildman–Crippen LogP) is 2.60. The Hall–Kier alpha value is -1.71. The average Bonchev–Trinajstić information content (AvgIpc) is 3.25. The van der Waals surface area contributed by atoms with Crippen molar-refractivity contribution in [2.24, 2.45) is 0 Å². The zero-order chi connectivity index (χ0) is 19.6. The topological polar surface area (TPSA) is 69.6 Å². The first-order chi connectivity index (χ1) is 13.6. The van der Waals surface area contributed by atoms with Crippen LogP contribution in [0.1, 0.15) is 31.1 Å². The van der Waals surface area contributed by atoms with E-state index in [0.29, 0.717) is 30.4 Å². The Bertz CT molecular complexity index is 883. The molecule has 4 heterocycles. The fraction of sp³-hybridized carbons (Fsp3) is 0.579. The number of thiophene rings is 1. The van der Waals surface area contributed by atoms with Gasteiger partial charge < -0.3 is 9.80 Å². The summed E-state index contributed by atoms with van der Waals surface area (Å²) in [5.74, 6) is 1.76. The molecule has 0 spiro atoms. The standard InChI is InChI=1S/C19H27N5O2S2/c1-2-16-6-9-19(27-16)28(25,26)24-14-12-23(13-15-24)18-8-7-17(20-21-18)22-10-4-3-5-11-22/h6-9H,2-5,10-15H2,1H3. The number of hydrogen-bond donors (Lipinski definition) is 0. The Balaban J connectivity index is 1.38. The molecule has 2 saturated heterocycles. The number of hydrogen-bond acceptors (Lipinski definition) is 7. The lowest BCUT2D eigenvalue weighted by Crippen LogP contribution is -2.48. The van der Waals surface area contributed by atoms with Gasteiger partial charge in [0.25, 0.3) is 10.0 Å². The zero-order valence-electron chi connectivity index (χ0n) is 16.2. The molecule has 0 N–H and O–H groups in total. The molecule has 28 heavy (non-hydrogen) atoms. The second kappa shape index (κ2) is 8.34. The molecular weight excluding hydrogens is 394 g/mol.